The van der Waals surface area contributed by atoms with Gasteiger partial charge in [0.25, 0.3) is 0 Å². The van der Waals surface area contributed by atoms with E-state index in [1.54, 1.807) is 11.0 Å². The number of amides is 1. The topological polar surface area (TPSA) is 69.7 Å². The first-order valence-corrected chi connectivity index (χ1v) is 8.61. The van der Waals surface area contributed by atoms with E-state index in [0.29, 0.717) is 19.0 Å². The minimum atomic E-state index is -1.19. The number of hydrogen-bond acceptors (Lipinski definition) is 4. The summed E-state index contributed by atoms with van der Waals surface area (Å²) in [6.07, 6.45) is 8.35. The molecule has 0 N–H and O–H groups in total. The van der Waals surface area contributed by atoms with Gasteiger partial charge in [0.05, 0.1) is 18.6 Å². The van der Waals surface area contributed by atoms with Crippen LogP contribution in [-0.2, 0) is 14.3 Å². The summed E-state index contributed by atoms with van der Waals surface area (Å²) in [4.78, 5) is 26.0. The third kappa shape index (κ3) is 2.18. The molecule has 2 fully saturated rings. The number of ether oxygens (including phenoxy) is 1. The number of carbonyl (C=O) groups excluding carboxylic acids is 2. The molecule has 1 spiro atoms. The number of likely N-dealkylation sites (tertiary alicyclic amines) is 1. The van der Waals surface area contributed by atoms with Gasteiger partial charge >= 0.3 is 0 Å². The number of aliphatic carboxylic acids is 1. The van der Waals surface area contributed by atoms with Gasteiger partial charge in [0, 0.05) is 18.4 Å². The molecular formula is C19H22NO4-. The largest absolute Gasteiger partial charge is 0.550 e. The summed E-state index contributed by atoms with van der Waals surface area (Å²) in [6, 6.07) is 0. The van der Waals surface area contributed by atoms with Crippen LogP contribution in [0.5, 0.6) is 0 Å². The van der Waals surface area contributed by atoms with Crippen molar-refractivity contribution >= 4 is 11.9 Å². The molecule has 0 aromatic heterocycles. The smallest absolute Gasteiger partial charge is 0.230 e. The molecule has 0 unspecified atom stereocenters. The highest BCUT2D eigenvalue weighted by Crippen LogP contribution is 2.51. The fourth-order valence-corrected chi connectivity index (χ4v) is 4.71. The van der Waals surface area contributed by atoms with Crippen molar-refractivity contribution in [2.45, 2.75) is 37.9 Å². The average molecular weight is 328 g/mol. The Morgan fingerprint density at radius 3 is 2.96 bits per heavy atom. The van der Waals surface area contributed by atoms with Crippen molar-refractivity contribution < 1.29 is 19.4 Å². The van der Waals surface area contributed by atoms with Gasteiger partial charge in [-0.2, -0.15) is 0 Å². The normalized spacial score (nSPS) is 40.0. The van der Waals surface area contributed by atoms with E-state index in [-0.39, 0.29) is 5.91 Å². The predicted octanol–water partition coefficient (Wildman–Crippen LogP) is 0.821. The number of carbonyl (C=O) groups is 2. The van der Waals surface area contributed by atoms with Crippen molar-refractivity contribution in [3.63, 3.8) is 0 Å². The average Bonchev–Trinajstić information content (AvgIpc) is 3.16. The highest BCUT2D eigenvalue weighted by molar-refractivity contribution is 5.90. The zero-order chi connectivity index (χ0) is 17.1. The number of hydrogen-bond donors (Lipinski definition) is 0. The molecule has 4 aliphatic rings. The standard InChI is InChI=1S/C19H23NO4/c1-11(2)13-5-3-12(4-6-13)9-20-10-19-8-7-14(24-19)15(18(22)23)16(19)17(20)21/h3,7-8,13-16H,1,4-6,9-10H2,2H3,(H,22,23)/p-1/t13-,14+,15-,16-,19-/m1/s1. The Kier molecular flexibility index (Phi) is 3.46. The molecular weight excluding hydrogens is 306 g/mol. The molecule has 2 bridgehead atoms. The van der Waals surface area contributed by atoms with E-state index in [4.69, 9.17) is 4.74 Å². The first-order chi connectivity index (χ1) is 11.4. The lowest BCUT2D eigenvalue weighted by Crippen LogP contribution is -2.45. The molecule has 5 atom stereocenters. The molecule has 0 aromatic rings. The number of nitrogens with zero attached hydrogens (tertiary/aromatic N) is 1. The quantitative estimate of drug-likeness (QED) is 0.717. The SMILES string of the molecule is C=C(C)[C@@H]1CC=C(CN2C[C@@]34C=C[C@H](O3)[C@@H](C(=O)[O-])[C@@H]4C2=O)CC1. The second kappa shape index (κ2) is 5.31. The second-order valence-electron chi connectivity index (χ2n) is 7.59. The third-order valence-corrected chi connectivity index (χ3v) is 6.05. The van der Waals surface area contributed by atoms with Crippen LogP contribution in [0.3, 0.4) is 0 Å². The van der Waals surface area contributed by atoms with Crippen molar-refractivity contribution in [3.05, 3.63) is 36.0 Å². The summed E-state index contributed by atoms with van der Waals surface area (Å²) < 4.78 is 5.87. The molecule has 128 valence electrons. The lowest BCUT2D eigenvalue weighted by Gasteiger charge is -2.27. The van der Waals surface area contributed by atoms with Gasteiger partial charge in [0.2, 0.25) is 5.91 Å². The number of allylic oxidation sites excluding steroid dienone is 2. The highest BCUT2D eigenvalue weighted by Gasteiger charge is 2.65. The number of rotatable bonds is 4. The Labute approximate surface area is 141 Å². The minimum Gasteiger partial charge on any atom is -0.550 e. The maximum absolute atomic E-state index is 12.8. The van der Waals surface area contributed by atoms with Crippen LogP contribution in [0.25, 0.3) is 0 Å². The van der Waals surface area contributed by atoms with Gasteiger partial charge < -0.3 is 19.5 Å². The van der Waals surface area contributed by atoms with E-state index < -0.39 is 29.5 Å². The number of fused-ring (bicyclic) bond motifs is 1. The second-order valence-corrected chi connectivity index (χ2v) is 7.59. The van der Waals surface area contributed by atoms with E-state index in [1.807, 2.05) is 6.08 Å². The van der Waals surface area contributed by atoms with Gasteiger partial charge in [-0.05, 0) is 32.1 Å². The van der Waals surface area contributed by atoms with Gasteiger partial charge in [0.1, 0.15) is 5.60 Å². The molecule has 2 saturated heterocycles. The van der Waals surface area contributed by atoms with E-state index >= 15 is 0 Å². The van der Waals surface area contributed by atoms with Crippen molar-refractivity contribution in [2.24, 2.45) is 17.8 Å². The Bertz CT molecular complexity index is 679. The molecule has 3 heterocycles. The summed E-state index contributed by atoms with van der Waals surface area (Å²) in [6.45, 7) is 7.10. The van der Waals surface area contributed by atoms with Crippen LogP contribution < -0.4 is 5.11 Å². The first kappa shape index (κ1) is 15.6. The molecule has 4 rings (SSSR count). The Balaban J connectivity index is 1.50. The van der Waals surface area contributed by atoms with Gasteiger partial charge in [-0.1, -0.05) is 36.0 Å². The summed E-state index contributed by atoms with van der Waals surface area (Å²) in [7, 11) is 0. The Morgan fingerprint density at radius 1 is 1.54 bits per heavy atom. The van der Waals surface area contributed by atoms with Crippen LogP contribution in [0.1, 0.15) is 26.2 Å². The Morgan fingerprint density at radius 2 is 2.33 bits per heavy atom. The van der Waals surface area contributed by atoms with Crippen LogP contribution in [-0.4, -0.2) is 41.6 Å². The van der Waals surface area contributed by atoms with Crippen LogP contribution in [0, 0.1) is 17.8 Å². The summed E-state index contributed by atoms with van der Waals surface area (Å²) >= 11 is 0. The predicted molar refractivity (Wildman–Crippen MR) is 85.5 cm³/mol. The molecule has 24 heavy (non-hydrogen) atoms. The fraction of sp³-hybridized carbons (Fsp3) is 0.579. The summed E-state index contributed by atoms with van der Waals surface area (Å²) in [5.74, 6) is -2.26. The van der Waals surface area contributed by atoms with Gasteiger partial charge in [-0.25, -0.2) is 0 Å². The van der Waals surface area contributed by atoms with E-state index in [9.17, 15) is 14.7 Å². The lowest BCUT2D eigenvalue weighted by molar-refractivity contribution is -0.313. The van der Waals surface area contributed by atoms with Crippen LogP contribution in [0.2, 0.25) is 0 Å². The fourth-order valence-electron chi connectivity index (χ4n) is 4.71. The van der Waals surface area contributed by atoms with E-state index in [1.165, 1.54) is 11.1 Å². The Hall–Kier alpha value is -1.88. The highest BCUT2D eigenvalue weighted by atomic mass is 16.5. The zero-order valence-electron chi connectivity index (χ0n) is 13.9. The minimum absolute atomic E-state index is 0.112. The molecule has 5 nitrogen and oxygen atoms in total. The van der Waals surface area contributed by atoms with Crippen LogP contribution in [0.4, 0.5) is 0 Å². The van der Waals surface area contributed by atoms with Gasteiger partial charge in [-0.15, -0.1) is 0 Å². The van der Waals surface area contributed by atoms with Gasteiger partial charge in [0.15, 0.2) is 0 Å². The monoisotopic (exact) mass is 328 g/mol. The molecule has 1 amide bonds. The molecule has 3 aliphatic heterocycles. The number of carboxylic acid groups (broad SMARTS) is 1. The maximum atomic E-state index is 12.8. The van der Waals surface area contributed by atoms with Crippen molar-refractivity contribution in [3.8, 4) is 0 Å². The molecule has 1 aliphatic carbocycles. The summed E-state index contributed by atoms with van der Waals surface area (Å²) in [5, 5.41) is 11.5. The van der Waals surface area contributed by atoms with E-state index in [0.717, 1.165) is 19.3 Å². The number of carboxylic acids is 1. The molecule has 0 saturated carbocycles. The van der Waals surface area contributed by atoms with Crippen molar-refractivity contribution in [1.82, 2.24) is 4.90 Å². The van der Waals surface area contributed by atoms with Crippen LogP contribution >= 0.6 is 0 Å². The van der Waals surface area contributed by atoms with E-state index in [2.05, 4.69) is 19.6 Å². The zero-order valence-corrected chi connectivity index (χ0v) is 13.9. The summed E-state index contributed by atoms with van der Waals surface area (Å²) in [5.41, 5.74) is 1.70. The maximum Gasteiger partial charge on any atom is 0.230 e. The first-order valence-electron chi connectivity index (χ1n) is 8.61. The molecule has 0 aromatic carbocycles. The van der Waals surface area contributed by atoms with Crippen molar-refractivity contribution in [1.29, 1.82) is 0 Å². The third-order valence-electron chi connectivity index (χ3n) is 6.05. The van der Waals surface area contributed by atoms with Gasteiger partial charge in [-0.3, -0.25) is 4.79 Å². The lowest BCUT2D eigenvalue weighted by atomic mass is 9.77. The molecule has 0 radical (unpaired) electrons. The molecule has 5 heteroatoms. The van der Waals surface area contributed by atoms with Crippen LogP contribution in [0.15, 0.2) is 36.0 Å². The van der Waals surface area contributed by atoms with Crippen molar-refractivity contribution in [2.75, 3.05) is 13.1 Å².